The minimum atomic E-state index is 0.647. The van der Waals surface area contributed by atoms with E-state index in [1.807, 2.05) is 78.1 Å². The number of thiophene rings is 1. The molecule has 12 aromatic rings. The molecule has 9 aromatic carbocycles. The zero-order valence-electron chi connectivity index (χ0n) is 29.9. The minimum absolute atomic E-state index is 0.647. The number of hydrogen-bond donors (Lipinski definition) is 0. The number of nitrogens with zero attached hydrogens (tertiary/aromatic N) is 3. The van der Waals surface area contributed by atoms with E-state index < -0.39 is 0 Å². The fourth-order valence-corrected chi connectivity index (χ4v) is 9.72. The van der Waals surface area contributed by atoms with E-state index in [1.165, 1.54) is 63.6 Å². The molecule has 0 fully saturated rings. The third-order valence-corrected chi connectivity index (χ3v) is 12.3. The first-order valence-corrected chi connectivity index (χ1v) is 19.6. The van der Waals surface area contributed by atoms with Crippen LogP contribution in [0.3, 0.4) is 0 Å². The molecule has 0 atom stereocenters. The molecule has 0 N–H and O–H groups in total. The summed E-state index contributed by atoms with van der Waals surface area (Å²) in [4.78, 5) is 15.0. The molecule has 0 spiro atoms. The summed E-state index contributed by atoms with van der Waals surface area (Å²) in [6.45, 7) is 0. The second-order valence-electron chi connectivity index (χ2n) is 14.3. The summed E-state index contributed by atoms with van der Waals surface area (Å²) in [5.41, 5.74) is 7.14. The van der Waals surface area contributed by atoms with Crippen LogP contribution in [0.1, 0.15) is 0 Å². The van der Waals surface area contributed by atoms with Gasteiger partial charge in [0.2, 0.25) is 0 Å². The van der Waals surface area contributed by atoms with Gasteiger partial charge >= 0.3 is 0 Å². The van der Waals surface area contributed by atoms with Gasteiger partial charge < -0.3 is 4.42 Å². The van der Waals surface area contributed by atoms with Crippen molar-refractivity contribution >= 4 is 85.8 Å². The average molecular weight is 732 g/mol. The van der Waals surface area contributed by atoms with E-state index in [1.54, 1.807) is 0 Å². The highest BCUT2D eigenvalue weighted by Gasteiger charge is 2.20. The number of fused-ring (bicyclic) bond motifs is 13. The Morgan fingerprint density at radius 1 is 0.357 bits per heavy atom. The van der Waals surface area contributed by atoms with Crippen molar-refractivity contribution in [3.05, 3.63) is 176 Å². The van der Waals surface area contributed by atoms with Gasteiger partial charge in [0.05, 0.1) is 0 Å². The van der Waals surface area contributed by atoms with Crippen LogP contribution in [0.25, 0.3) is 120 Å². The minimum Gasteiger partial charge on any atom is -0.455 e. The van der Waals surface area contributed by atoms with Crippen molar-refractivity contribution < 1.29 is 4.42 Å². The van der Waals surface area contributed by atoms with Gasteiger partial charge in [-0.3, -0.25) is 0 Å². The van der Waals surface area contributed by atoms with Crippen LogP contribution in [0.15, 0.2) is 180 Å². The Morgan fingerprint density at radius 2 is 0.857 bits per heavy atom. The molecule has 0 aliphatic carbocycles. The molecule has 0 unspecified atom stereocenters. The van der Waals surface area contributed by atoms with Gasteiger partial charge in [0.25, 0.3) is 0 Å². The number of benzene rings is 9. The Bertz CT molecular complexity index is 3460. The first kappa shape index (κ1) is 31.2. The third kappa shape index (κ3) is 4.75. The molecule has 56 heavy (non-hydrogen) atoms. The molecule has 0 saturated heterocycles. The SMILES string of the molecule is c1ccc(-c2nc(-c3ccccc3)nc(-c3ccc4c5ccc(-c6cc7c8ccccc8oc7c7c6sc6ccccc67)cc5c5ccccc5c4c3)n2)cc1. The Kier molecular flexibility index (Phi) is 6.76. The second-order valence-corrected chi connectivity index (χ2v) is 15.4. The zero-order chi connectivity index (χ0) is 36.7. The summed E-state index contributed by atoms with van der Waals surface area (Å²) in [6.07, 6.45) is 0. The van der Waals surface area contributed by atoms with E-state index in [9.17, 15) is 0 Å². The van der Waals surface area contributed by atoms with Crippen LogP contribution in [0.4, 0.5) is 0 Å². The maximum Gasteiger partial charge on any atom is 0.164 e. The first-order valence-electron chi connectivity index (χ1n) is 18.8. The molecule has 260 valence electrons. The van der Waals surface area contributed by atoms with E-state index in [0.29, 0.717) is 17.5 Å². The van der Waals surface area contributed by atoms with Gasteiger partial charge in [-0.15, -0.1) is 11.3 Å². The first-order chi connectivity index (χ1) is 27.7. The molecule has 3 aromatic heterocycles. The lowest BCUT2D eigenvalue weighted by Gasteiger charge is -2.14. The van der Waals surface area contributed by atoms with Crippen molar-refractivity contribution in [2.45, 2.75) is 0 Å². The Balaban J connectivity index is 1.08. The summed E-state index contributed by atoms with van der Waals surface area (Å²) < 4.78 is 9.10. The number of furan rings is 1. The van der Waals surface area contributed by atoms with E-state index in [-0.39, 0.29) is 0 Å². The summed E-state index contributed by atoms with van der Waals surface area (Å²) in [6, 6.07) is 62.1. The van der Waals surface area contributed by atoms with Gasteiger partial charge in [-0.2, -0.15) is 0 Å². The monoisotopic (exact) mass is 731 g/mol. The fraction of sp³-hybridized carbons (Fsp3) is 0. The summed E-state index contributed by atoms with van der Waals surface area (Å²) in [5.74, 6) is 1.95. The van der Waals surface area contributed by atoms with Crippen molar-refractivity contribution in [3.63, 3.8) is 0 Å². The van der Waals surface area contributed by atoms with Gasteiger partial charge in [-0.05, 0) is 68.2 Å². The maximum atomic E-state index is 6.59. The zero-order valence-corrected chi connectivity index (χ0v) is 30.7. The topological polar surface area (TPSA) is 51.8 Å². The van der Waals surface area contributed by atoms with Gasteiger partial charge in [-0.1, -0.05) is 146 Å². The molecule has 0 amide bonds. The third-order valence-electron chi connectivity index (χ3n) is 11.1. The lowest BCUT2D eigenvalue weighted by Crippen LogP contribution is -2.00. The lowest BCUT2D eigenvalue weighted by molar-refractivity contribution is 0.673. The summed E-state index contributed by atoms with van der Waals surface area (Å²) >= 11 is 1.84. The maximum absolute atomic E-state index is 6.59. The van der Waals surface area contributed by atoms with Crippen LogP contribution in [0.2, 0.25) is 0 Å². The molecule has 0 radical (unpaired) electrons. The van der Waals surface area contributed by atoms with Crippen molar-refractivity contribution in [1.82, 2.24) is 15.0 Å². The fourth-order valence-electron chi connectivity index (χ4n) is 8.48. The van der Waals surface area contributed by atoms with Gasteiger partial charge in [0.1, 0.15) is 11.2 Å². The smallest absolute Gasteiger partial charge is 0.164 e. The number of rotatable bonds is 4. The lowest BCUT2D eigenvalue weighted by atomic mass is 9.90. The van der Waals surface area contributed by atoms with Gasteiger partial charge in [0, 0.05) is 53.2 Å². The van der Waals surface area contributed by atoms with Crippen LogP contribution < -0.4 is 0 Å². The quantitative estimate of drug-likeness (QED) is 0.169. The van der Waals surface area contributed by atoms with Crippen LogP contribution in [0.5, 0.6) is 0 Å². The normalized spacial score (nSPS) is 11.9. The van der Waals surface area contributed by atoms with Crippen molar-refractivity contribution in [2.24, 2.45) is 0 Å². The molecule has 3 heterocycles. The summed E-state index contributed by atoms with van der Waals surface area (Å²) in [5, 5.41) is 11.9. The molecule has 0 saturated carbocycles. The number of para-hydroxylation sites is 1. The molecular formula is C51H29N3OS. The molecular weight excluding hydrogens is 703 g/mol. The second kappa shape index (κ2) is 12.2. The van der Waals surface area contributed by atoms with Gasteiger partial charge in [0.15, 0.2) is 17.5 Å². The van der Waals surface area contributed by atoms with Crippen LogP contribution in [-0.4, -0.2) is 15.0 Å². The van der Waals surface area contributed by atoms with Crippen molar-refractivity contribution in [3.8, 4) is 45.3 Å². The Morgan fingerprint density at radius 3 is 1.52 bits per heavy atom. The molecule has 5 heteroatoms. The van der Waals surface area contributed by atoms with E-state index in [0.717, 1.165) is 38.6 Å². The highest BCUT2D eigenvalue weighted by atomic mass is 32.1. The standard InChI is InChI=1S/C51H29N3OS/c1-3-13-30(14-4-1)49-52-50(31-15-5-2-6-16-31)54-51(53-49)33-24-26-37-36-25-23-32(27-41(36)34-17-7-8-18-35(34)42(37)28-33)40-29-43-38-19-9-11-21-44(38)55-47(43)46-39-20-10-12-22-45(39)56-48(40)46/h1-29H. The van der Waals surface area contributed by atoms with Crippen LogP contribution in [-0.2, 0) is 0 Å². The Hall–Kier alpha value is -7.21. The largest absolute Gasteiger partial charge is 0.455 e. The highest BCUT2D eigenvalue weighted by Crippen LogP contribution is 2.48. The van der Waals surface area contributed by atoms with Crippen molar-refractivity contribution in [2.75, 3.05) is 0 Å². The predicted molar refractivity (Wildman–Crippen MR) is 234 cm³/mol. The summed E-state index contributed by atoms with van der Waals surface area (Å²) in [7, 11) is 0. The molecule has 0 aliphatic rings. The van der Waals surface area contributed by atoms with Crippen molar-refractivity contribution in [1.29, 1.82) is 0 Å². The van der Waals surface area contributed by atoms with Gasteiger partial charge in [-0.25, -0.2) is 15.0 Å². The molecule has 0 bridgehead atoms. The number of hydrogen-bond acceptors (Lipinski definition) is 5. The van der Waals surface area contributed by atoms with Crippen LogP contribution >= 0.6 is 11.3 Å². The van der Waals surface area contributed by atoms with E-state index in [2.05, 4.69) is 109 Å². The molecule has 0 aliphatic heterocycles. The Labute approximate surface area is 325 Å². The predicted octanol–water partition coefficient (Wildman–Crippen LogP) is 14.3. The number of aromatic nitrogens is 3. The van der Waals surface area contributed by atoms with Crippen LogP contribution in [0, 0.1) is 0 Å². The average Bonchev–Trinajstić information content (AvgIpc) is 3.85. The molecule has 4 nitrogen and oxygen atoms in total. The van der Waals surface area contributed by atoms with E-state index in [4.69, 9.17) is 19.4 Å². The molecule has 12 rings (SSSR count). The van der Waals surface area contributed by atoms with E-state index >= 15 is 0 Å². The highest BCUT2D eigenvalue weighted by molar-refractivity contribution is 7.26.